The summed E-state index contributed by atoms with van der Waals surface area (Å²) in [6.45, 7) is 6.51. The van der Waals surface area contributed by atoms with Gasteiger partial charge in [-0.05, 0) is 126 Å². The Hall–Kier alpha value is -2.09. The van der Waals surface area contributed by atoms with Gasteiger partial charge in [0.15, 0.2) is 0 Å². The molecule has 2 saturated heterocycles. The molecule has 47 heavy (non-hydrogen) atoms. The van der Waals surface area contributed by atoms with Crippen LogP contribution in [0.5, 0.6) is 0 Å². The van der Waals surface area contributed by atoms with E-state index in [9.17, 15) is 10.5 Å². The van der Waals surface area contributed by atoms with Crippen LogP contribution in [0, 0.1) is 46.3 Å². The van der Waals surface area contributed by atoms with Crippen molar-refractivity contribution in [3.8, 4) is 12.1 Å². The highest BCUT2D eigenvalue weighted by atomic mass is 32.2. The number of hydrogen-bond acceptors (Lipinski definition) is 6. The number of nitriles is 2. The molecule has 6 heteroatoms. The Kier molecular flexibility index (Phi) is 10.8. The van der Waals surface area contributed by atoms with Gasteiger partial charge in [0.1, 0.15) is 6.23 Å². The standard InChI is InChI=1S/C41H56N4OS/c1-3-29-24-40(47-39(29)4-2)32-12-18-35(19-13-32)45(34-16-10-31(11-17-34)30-8-5-27(25-42)6-9-30)36-20-14-33(15-21-36)41-44-37-22-7-28(26-43)23-38(37)46-41/h4,7,10,12,22-23,27,29-30,33-41,44H,2-3,5-6,8-9,11,13-21,24H2,1H3. The highest BCUT2D eigenvalue weighted by Gasteiger charge is 2.43. The van der Waals surface area contributed by atoms with E-state index in [1.54, 1.807) is 11.1 Å². The Morgan fingerprint density at radius 2 is 1.68 bits per heavy atom. The van der Waals surface area contributed by atoms with Crippen LogP contribution in [0.25, 0.3) is 0 Å². The van der Waals surface area contributed by atoms with Crippen molar-refractivity contribution in [3.05, 3.63) is 59.8 Å². The Bertz CT molecular complexity index is 1340. The van der Waals surface area contributed by atoms with Gasteiger partial charge in [-0.1, -0.05) is 48.8 Å². The Balaban J connectivity index is 1.02. The first-order chi connectivity index (χ1) is 23.1. The highest BCUT2D eigenvalue weighted by molar-refractivity contribution is 8.01. The van der Waals surface area contributed by atoms with Gasteiger partial charge < -0.3 is 4.74 Å². The Labute approximate surface area is 288 Å². The van der Waals surface area contributed by atoms with Crippen molar-refractivity contribution in [3.63, 3.8) is 0 Å². The first-order valence-corrected chi connectivity index (χ1v) is 20.1. The lowest BCUT2D eigenvalue weighted by Crippen LogP contribution is -2.52. The molecule has 8 atom stereocenters. The van der Waals surface area contributed by atoms with Crippen LogP contribution in [-0.2, 0) is 4.74 Å². The smallest absolute Gasteiger partial charge is 0.112 e. The average molecular weight is 653 g/mol. The summed E-state index contributed by atoms with van der Waals surface area (Å²) in [7, 11) is 0. The Morgan fingerprint density at radius 3 is 2.28 bits per heavy atom. The molecule has 0 bridgehead atoms. The van der Waals surface area contributed by atoms with Crippen molar-refractivity contribution in [2.75, 3.05) is 0 Å². The van der Waals surface area contributed by atoms with Crippen molar-refractivity contribution in [2.45, 2.75) is 157 Å². The zero-order valence-electron chi connectivity index (χ0n) is 28.6. The molecular weight excluding hydrogens is 597 g/mol. The summed E-state index contributed by atoms with van der Waals surface area (Å²) in [5.74, 6) is 2.33. The summed E-state index contributed by atoms with van der Waals surface area (Å²) >= 11 is 2.18. The van der Waals surface area contributed by atoms with Crippen molar-refractivity contribution in [1.82, 2.24) is 10.2 Å². The molecule has 0 spiro atoms. The normalized spacial score (nSPS) is 42.1. The molecule has 252 valence electrons. The van der Waals surface area contributed by atoms with Crippen LogP contribution >= 0.6 is 11.8 Å². The number of ether oxygens (including phenoxy) is 1. The van der Waals surface area contributed by atoms with E-state index in [2.05, 4.69) is 71.9 Å². The third-order valence-electron chi connectivity index (χ3n) is 13.1. The SMILES string of the molecule is C=CC1SC(C2=CCC(N(C3CC=C(C4CCC(C#N)CC4)CC3)C3CCC(C4NC5C=CC(C#N)=CC5O4)CC3)CC2)CC1CC. The molecule has 4 fully saturated rings. The van der Waals surface area contributed by atoms with E-state index >= 15 is 0 Å². The minimum absolute atomic E-state index is 0.0114. The van der Waals surface area contributed by atoms with E-state index in [1.807, 2.05) is 12.2 Å². The number of nitrogens with one attached hydrogen (secondary N) is 1. The number of thioether (sulfide) groups is 1. The Morgan fingerprint density at radius 1 is 0.957 bits per heavy atom. The quantitative estimate of drug-likeness (QED) is 0.264. The van der Waals surface area contributed by atoms with E-state index in [0.717, 1.165) is 30.3 Å². The largest absolute Gasteiger partial charge is 0.354 e. The fourth-order valence-corrected chi connectivity index (χ4v) is 12.1. The number of rotatable bonds is 8. The predicted octanol–water partition coefficient (Wildman–Crippen LogP) is 8.92. The molecule has 0 amide bonds. The summed E-state index contributed by atoms with van der Waals surface area (Å²) in [5.41, 5.74) is 4.15. The van der Waals surface area contributed by atoms with Crippen LogP contribution in [0.1, 0.15) is 110 Å². The molecular formula is C41H56N4OS. The van der Waals surface area contributed by atoms with E-state index < -0.39 is 0 Å². The second-order valence-electron chi connectivity index (χ2n) is 15.6. The van der Waals surface area contributed by atoms with Gasteiger partial charge in [-0.25, -0.2) is 0 Å². The van der Waals surface area contributed by atoms with Crippen molar-refractivity contribution in [1.29, 1.82) is 10.5 Å². The molecule has 0 aromatic heterocycles. The van der Waals surface area contributed by atoms with Crippen LogP contribution in [0.4, 0.5) is 0 Å². The fraction of sp³-hybridized carbons (Fsp3) is 0.707. The molecule has 0 aromatic carbocycles. The summed E-state index contributed by atoms with van der Waals surface area (Å²) in [6.07, 6.45) is 33.3. The van der Waals surface area contributed by atoms with E-state index in [4.69, 9.17) is 4.74 Å². The van der Waals surface area contributed by atoms with Crippen molar-refractivity contribution < 1.29 is 4.74 Å². The lowest BCUT2D eigenvalue weighted by Gasteiger charge is -2.48. The third-order valence-corrected chi connectivity index (χ3v) is 14.9. The van der Waals surface area contributed by atoms with Gasteiger partial charge in [-0.15, -0.1) is 18.3 Å². The third kappa shape index (κ3) is 7.28. The molecule has 7 rings (SSSR count). The van der Waals surface area contributed by atoms with Gasteiger partial charge in [-0.3, -0.25) is 10.2 Å². The van der Waals surface area contributed by atoms with Gasteiger partial charge in [-0.2, -0.15) is 10.5 Å². The van der Waals surface area contributed by atoms with Gasteiger partial charge in [0.2, 0.25) is 0 Å². The molecule has 8 unspecified atom stereocenters. The van der Waals surface area contributed by atoms with Gasteiger partial charge >= 0.3 is 0 Å². The van der Waals surface area contributed by atoms with Crippen LogP contribution in [0.2, 0.25) is 0 Å². The molecule has 2 saturated carbocycles. The summed E-state index contributed by atoms with van der Waals surface area (Å²) in [4.78, 5) is 3.06. The van der Waals surface area contributed by atoms with Crippen molar-refractivity contribution >= 4 is 11.8 Å². The predicted molar refractivity (Wildman–Crippen MR) is 192 cm³/mol. The average Bonchev–Trinajstić information content (AvgIpc) is 3.77. The zero-order chi connectivity index (χ0) is 32.3. The number of nitrogens with zero attached hydrogens (tertiary/aromatic N) is 3. The molecule has 5 nitrogen and oxygen atoms in total. The van der Waals surface area contributed by atoms with Gasteiger partial charge in [0.25, 0.3) is 0 Å². The van der Waals surface area contributed by atoms with Crippen molar-refractivity contribution in [2.24, 2.45) is 23.7 Å². The summed E-state index contributed by atoms with van der Waals surface area (Å²) < 4.78 is 6.50. The number of hydrogen-bond donors (Lipinski definition) is 1. The lowest BCUT2D eigenvalue weighted by molar-refractivity contribution is -0.0149. The molecule has 0 radical (unpaired) electrons. The molecule has 1 N–H and O–H groups in total. The van der Waals surface area contributed by atoms with Crippen LogP contribution in [-0.4, -0.2) is 51.9 Å². The van der Waals surface area contributed by atoms with E-state index in [-0.39, 0.29) is 24.3 Å². The second kappa shape index (κ2) is 15.2. The number of allylic oxidation sites excluding steroid dienone is 3. The second-order valence-corrected chi connectivity index (χ2v) is 17.0. The first-order valence-electron chi connectivity index (χ1n) is 19.1. The first kappa shape index (κ1) is 33.4. The maximum absolute atomic E-state index is 9.40. The summed E-state index contributed by atoms with van der Waals surface area (Å²) in [6, 6.07) is 6.95. The highest BCUT2D eigenvalue weighted by Crippen LogP contribution is 2.47. The molecule has 2 heterocycles. The zero-order valence-corrected chi connectivity index (χ0v) is 29.4. The minimum Gasteiger partial charge on any atom is -0.354 e. The maximum atomic E-state index is 9.40. The molecule has 5 aliphatic carbocycles. The fourth-order valence-electron chi connectivity index (χ4n) is 10.4. The number of fused-ring (bicyclic) bond motifs is 1. The van der Waals surface area contributed by atoms with E-state index in [0.29, 0.717) is 34.5 Å². The molecule has 2 aliphatic heterocycles. The summed E-state index contributed by atoms with van der Waals surface area (Å²) in [5, 5.41) is 23.8. The lowest BCUT2D eigenvalue weighted by atomic mass is 9.75. The topological polar surface area (TPSA) is 72.1 Å². The minimum atomic E-state index is -0.0114. The van der Waals surface area contributed by atoms with Gasteiger partial charge in [0.05, 0.1) is 29.9 Å². The maximum Gasteiger partial charge on any atom is 0.112 e. The van der Waals surface area contributed by atoms with Crippen LogP contribution in [0.15, 0.2) is 59.8 Å². The van der Waals surface area contributed by atoms with Crippen LogP contribution in [0.3, 0.4) is 0 Å². The van der Waals surface area contributed by atoms with E-state index in [1.165, 1.54) is 89.9 Å². The van der Waals surface area contributed by atoms with Gasteiger partial charge in [0, 0.05) is 34.5 Å². The molecule has 0 aromatic rings. The molecule has 7 aliphatic rings. The monoisotopic (exact) mass is 652 g/mol. The van der Waals surface area contributed by atoms with Crippen LogP contribution < -0.4 is 5.32 Å².